The van der Waals surface area contributed by atoms with Gasteiger partial charge in [0.25, 0.3) is 0 Å². The number of hydrogen-bond acceptors (Lipinski definition) is 0. The van der Waals surface area contributed by atoms with Crippen molar-refractivity contribution < 1.29 is 0 Å². The summed E-state index contributed by atoms with van der Waals surface area (Å²) in [5.74, 6) is 0. The van der Waals surface area contributed by atoms with Gasteiger partial charge in [0.05, 0.1) is 0 Å². The molecule has 74 valence electrons. The van der Waals surface area contributed by atoms with Crippen LogP contribution in [0.5, 0.6) is 0 Å². The summed E-state index contributed by atoms with van der Waals surface area (Å²) in [5.41, 5.74) is 2.63. The molecule has 0 fully saturated rings. The largest absolute Gasteiger partial charge is 0.0871 e. The van der Waals surface area contributed by atoms with Crippen LogP contribution in [0.4, 0.5) is 0 Å². The van der Waals surface area contributed by atoms with Gasteiger partial charge < -0.3 is 0 Å². The Morgan fingerprint density at radius 3 is 2.50 bits per heavy atom. The second-order valence-corrected chi connectivity index (χ2v) is 3.31. The molecule has 0 aliphatic heterocycles. The highest BCUT2D eigenvalue weighted by atomic mass is 14.0. The molecule has 1 rings (SSSR count). The summed E-state index contributed by atoms with van der Waals surface area (Å²) in [6.07, 6.45) is 8.91. The molecule has 0 aliphatic carbocycles. The summed E-state index contributed by atoms with van der Waals surface area (Å²) in [5, 5.41) is 0. The molecule has 14 heavy (non-hydrogen) atoms. The highest BCUT2D eigenvalue weighted by molar-refractivity contribution is 5.73. The SMILES string of the molecule is CC=CC(=CCCC)c1ccccc1. The first kappa shape index (κ1) is 10.8. The van der Waals surface area contributed by atoms with Gasteiger partial charge in [-0.1, -0.05) is 61.9 Å². The Hall–Kier alpha value is -1.30. The molecule has 0 N–H and O–H groups in total. The highest BCUT2D eigenvalue weighted by Crippen LogP contribution is 2.16. The van der Waals surface area contributed by atoms with Gasteiger partial charge in [-0.3, -0.25) is 0 Å². The monoisotopic (exact) mass is 186 g/mol. The lowest BCUT2D eigenvalue weighted by atomic mass is 10.0. The van der Waals surface area contributed by atoms with Crippen molar-refractivity contribution in [1.82, 2.24) is 0 Å². The maximum atomic E-state index is 2.30. The van der Waals surface area contributed by atoms with E-state index in [0.29, 0.717) is 0 Å². The van der Waals surface area contributed by atoms with E-state index in [2.05, 4.69) is 62.4 Å². The fourth-order valence-corrected chi connectivity index (χ4v) is 1.39. The third-order valence-electron chi connectivity index (χ3n) is 2.11. The van der Waals surface area contributed by atoms with Crippen LogP contribution >= 0.6 is 0 Å². The summed E-state index contributed by atoms with van der Waals surface area (Å²) < 4.78 is 0. The first-order chi connectivity index (χ1) is 6.88. The van der Waals surface area contributed by atoms with Gasteiger partial charge >= 0.3 is 0 Å². The molecule has 0 heterocycles. The summed E-state index contributed by atoms with van der Waals surface area (Å²) >= 11 is 0. The van der Waals surface area contributed by atoms with Gasteiger partial charge in [-0.15, -0.1) is 0 Å². The molecule has 0 saturated carbocycles. The smallest absolute Gasteiger partial charge is 0.0187 e. The molecular weight excluding hydrogens is 168 g/mol. The van der Waals surface area contributed by atoms with E-state index in [-0.39, 0.29) is 0 Å². The summed E-state index contributed by atoms with van der Waals surface area (Å²) in [7, 11) is 0. The standard InChI is InChI=1S/C14H18/c1-3-5-10-13(9-4-2)14-11-7-6-8-12-14/h4,6-12H,3,5H2,1-2H3. The maximum absolute atomic E-state index is 2.30. The van der Waals surface area contributed by atoms with Gasteiger partial charge in [0.1, 0.15) is 0 Å². The summed E-state index contributed by atoms with van der Waals surface area (Å²) in [6, 6.07) is 10.5. The van der Waals surface area contributed by atoms with Crippen molar-refractivity contribution in [3.05, 3.63) is 54.1 Å². The molecule has 0 bridgehead atoms. The quantitative estimate of drug-likeness (QED) is 0.609. The van der Waals surface area contributed by atoms with E-state index in [1.807, 2.05) is 0 Å². The van der Waals surface area contributed by atoms with Crippen LogP contribution in [0.15, 0.2) is 48.6 Å². The third-order valence-corrected chi connectivity index (χ3v) is 2.11. The van der Waals surface area contributed by atoms with Crippen LogP contribution in [-0.4, -0.2) is 0 Å². The minimum absolute atomic E-state index is 1.15. The third kappa shape index (κ3) is 3.21. The Morgan fingerprint density at radius 2 is 1.93 bits per heavy atom. The van der Waals surface area contributed by atoms with Crippen molar-refractivity contribution in [3.63, 3.8) is 0 Å². The second-order valence-electron chi connectivity index (χ2n) is 3.31. The lowest BCUT2D eigenvalue weighted by molar-refractivity contribution is 0.960. The number of benzene rings is 1. The van der Waals surface area contributed by atoms with Crippen molar-refractivity contribution >= 4 is 5.57 Å². The molecule has 0 nitrogen and oxygen atoms in total. The van der Waals surface area contributed by atoms with Gasteiger partial charge in [0, 0.05) is 0 Å². The van der Waals surface area contributed by atoms with Gasteiger partial charge in [0.15, 0.2) is 0 Å². The Morgan fingerprint density at radius 1 is 1.21 bits per heavy atom. The van der Waals surface area contributed by atoms with Gasteiger partial charge in [-0.2, -0.15) is 0 Å². The van der Waals surface area contributed by atoms with Crippen LogP contribution in [0.2, 0.25) is 0 Å². The molecule has 0 aliphatic rings. The lowest BCUT2D eigenvalue weighted by Gasteiger charge is -2.01. The zero-order valence-corrected chi connectivity index (χ0v) is 9.03. The number of unbranched alkanes of at least 4 members (excludes halogenated alkanes) is 1. The molecule has 0 amide bonds. The Kier molecular flexibility index (Phi) is 4.77. The summed E-state index contributed by atoms with van der Waals surface area (Å²) in [6.45, 7) is 4.26. The van der Waals surface area contributed by atoms with Gasteiger partial charge in [-0.25, -0.2) is 0 Å². The first-order valence-corrected chi connectivity index (χ1v) is 5.26. The van der Waals surface area contributed by atoms with Crippen LogP contribution in [0.1, 0.15) is 32.3 Å². The van der Waals surface area contributed by atoms with E-state index in [9.17, 15) is 0 Å². The van der Waals surface area contributed by atoms with E-state index in [0.717, 1.165) is 6.42 Å². The predicted octanol–water partition coefficient (Wildman–Crippen LogP) is 4.45. The van der Waals surface area contributed by atoms with Crippen molar-refractivity contribution in [2.75, 3.05) is 0 Å². The van der Waals surface area contributed by atoms with Crippen molar-refractivity contribution in [2.45, 2.75) is 26.7 Å². The van der Waals surface area contributed by atoms with Crippen molar-refractivity contribution in [1.29, 1.82) is 0 Å². The Balaban J connectivity index is 2.89. The van der Waals surface area contributed by atoms with E-state index >= 15 is 0 Å². The van der Waals surface area contributed by atoms with E-state index < -0.39 is 0 Å². The highest BCUT2D eigenvalue weighted by Gasteiger charge is 1.94. The molecule has 0 heteroatoms. The van der Waals surface area contributed by atoms with Crippen molar-refractivity contribution in [3.8, 4) is 0 Å². The fourth-order valence-electron chi connectivity index (χ4n) is 1.39. The normalized spacial score (nSPS) is 12.3. The molecule has 0 spiro atoms. The zero-order valence-electron chi connectivity index (χ0n) is 9.03. The Bertz CT molecular complexity index is 304. The number of hydrogen-bond donors (Lipinski definition) is 0. The van der Waals surface area contributed by atoms with E-state index in [1.54, 1.807) is 0 Å². The van der Waals surface area contributed by atoms with Crippen LogP contribution < -0.4 is 0 Å². The second kappa shape index (κ2) is 6.20. The average Bonchev–Trinajstić information content (AvgIpc) is 2.25. The first-order valence-electron chi connectivity index (χ1n) is 5.26. The van der Waals surface area contributed by atoms with Crippen LogP contribution in [-0.2, 0) is 0 Å². The van der Waals surface area contributed by atoms with E-state index in [4.69, 9.17) is 0 Å². The number of allylic oxidation sites excluding steroid dienone is 4. The average molecular weight is 186 g/mol. The number of rotatable bonds is 4. The molecule has 0 unspecified atom stereocenters. The predicted molar refractivity (Wildman–Crippen MR) is 64.1 cm³/mol. The fraction of sp³-hybridized carbons (Fsp3) is 0.286. The van der Waals surface area contributed by atoms with E-state index in [1.165, 1.54) is 17.6 Å². The topological polar surface area (TPSA) is 0 Å². The summed E-state index contributed by atoms with van der Waals surface area (Å²) in [4.78, 5) is 0. The van der Waals surface area contributed by atoms with Gasteiger partial charge in [0.2, 0.25) is 0 Å². The molecule has 1 aromatic carbocycles. The maximum Gasteiger partial charge on any atom is -0.0187 e. The van der Waals surface area contributed by atoms with Gasteiger partial charge in [-0.05, 0) is 24.5 Å². The molecule has 0 atom stereocenters. The minimum Gasteiger partial charge on any atom is -0.0871 e. The lowest BCUT2D eigenvalue weighted by Crippen LogP contribution is -1.80. The molecule has 1 aromatic rings. The zero-order chi connectivity index (χ0) is 10.2. The van der Waals surface area contributed by atoms with Crippen molar-refractivity contribution in [2.24, 2.45) is 0 Å². The molecule has 0 aromatic heterocycles. The molecule has 0 radical (unpaired) electrons. The van der Waals surface area contributed by atoms with Crippen LogP contribution in [0.25, 0.3) is 5.57 Å². The van der Waals surface area contributed by atoms with Crippen LogP contribution in [0, 0.1) is 0 Å². The Labute approximate surface area is 87.0 Å². The van der Waals surface area contributed by atoms with Crippen LogP contribution in [0.3, 0.4) is 0 Å². The molecule has 0 saturated heterocycles. The molecular formula is C14H18. The minimum atomic E-state index is 1.15.